The summed E-state index contributed by atoms with van der Waals surface area (Å²) in [5.41, 5.74) is -0.894. The highest BCUT2D eigenvalue weighted by Gasteiger charge is 2.33. The van der Waals surface area contributed by atoms with Crippen LogP contribution < -0.4 is 5.32 Å². The quantitative estimate of drug-likeness (QED) is 0.759. The average molecular weight is 323 g/mol. The van der Waals surface area contributed by atoms with Gasteiger partial charge in [0.05, 0.1) is 10.6 Å². The second-order valence-corrected chi connectivity index (χ2v) is 5.16. The zero-order chi connectivity index (χ0) is 16.0. The number of benzene rings is 1. The van der Waals surface area contributed by atoms with Gasteiger partial charge in [0.25, 0.3) is 0 Å². The number of halogens is 4. The highest BCUT2D eigenvalue weighted by molar-refractivity contribution is 6.31. The molecule has 118 valence electrons. The molecule has 1 rings (SSSR count). The van der Waals surface area contributed by atoms with Crippen molar-refractivity contribution >= 4 is 23.3 Å². The van der Waals surface area contributed by atoms with E-state index in [1.165, 1.54) is 11.0 Å². The Morgan fingerprint density at radius 2 is 2.00 bits per heavy atom. The molecule has 0 saturated carbocycles. The summed E-state index contributed by atoms with van der Waals surface area (Å²) in [6.07, 6.45) is -1.67. The van der Waals surface area contributed by atoms with Crippen LogP contribution in [0.2, 0.25) is 5.02 Å². The molecule has 0 fully saturated rings. The van der Waals surface area contributed by atoms with Gasteiger partial charge in [-0.1, -0.05) is 31.4 Å². The topological polar surface area (TPSA) is 32.3 Å². The van der Waals surface area contributed by atoms with Crippen molar-refractivity contribution in [3.63, 3.8) is 0 Å². The minimum absolute atomic E-state index is 0.0686. The van der Waals surface area contributed by atoms with E-state index in [2.05, 4.69) is 5.32 Å². The Balaban J connectivity index is 2.73. The number of nitrogens with zero attached hydrogens (tertiary/aromatic N) is 1. The van der Waals surface area contributed by atoms with Crippen LogP contribution in [0.25, 0.3) is 0 Å². The summed E-state index contributed by atoms with van der Waals surface area (Å²) >= 11 is 5.52. The number of rotatable bonds is 5. The lowest BCUT2D eigenvalue weighted by Gasteiger charge is -2.18. The number of hydrogen-bond donors (Lipinski definition) is 1. The largest absolute Gasteiger partial charge is 0.417 e. The lowest BCUT2D eigenvalue weighted by molar-refractivity contribution is -0.137. The molecule has 3 nitrogen and oxygen atoms in total. The lowest BCUT2D eigenvalue weighted by atomic mass is 10.2. The van der Waals surface area contributed by atoms with Gasteiger partial charge in [-0.3, -0.25) is 0 Å². The predicted octanol–water partition coefficient (Wildman–Crippen LogP) is 5.01. The average Bonchev–Trinajstić information content (AvgIpc) is 2.39. The fourth-order valence-electron chi connectivity index (χ4n) is 1.74. The zero-order valence-electron chi connectivity index (χ0n) is 11.9. The number of amides is 2. The van der Waals surface area contributed by atoms with Gasteiger partial charge in [0.1, 0.15) is 0 Å². The fraction of sp³-hybridized carbons (Fsp3) is 0.500. The van der Waals surface area contributed by atoms with Crippen LogP contribution in [0, 0.1) is 0 Å². The van der Waals surface area contributed by atoms with Crippen LogP contribution in [0.4, 0.5) is 23.7 Å². The molecule has 0 bridgehead atoms. The number of carbonyl (C=O) groups excluding carboxylic acids is 1. The molecule has 0 atom stereocenters. The highest BCUT2D eigenvalue weighted by atomic mass is 35.5. The molecule has 0 spiro atoms. The van der Waals surface area contributed by atoms with Crippen molar-refractivity contribution < 1.29 is 18.0 Å². The van der Waals surface area contributed by atoms with E-state index >= 15 is 0 Å². The third-order valence-electron chi connectivity index (χ3n) is 2.97. The maximum Gasteiger partial charge on any atom is 0.417 e. The van der Waals surface area contributed by atoms with Gasteiger partial charge in [-0.2, -0.15) is 13.2 Å². The second kappa shape index (κ2) is 7.54. The van der Waals surface area contributed by atoms with Gasteiger partial charge in [-0.25, -0.2) is 4.79 Å². The zero-order valence-corrected chi connectivity index (χ0v) is 12.7. The summed E-state index contributed by atoms with van der Waals surface area (Å²) in [4.78, 5) is 13.3. The van der Waals surface area contributed by atoms with Crippen molar-refractivity contribution in [2.24, 2.45) is 0 Å². The Morgan fingerprint density at radius 3 is 2.57 bits per heavy atom. The summed E-state index contributed by atoms with van der Waals surface area (Å²) in [5.74, 6) is 0. The molecule has 1 aromatic rings. The molecule has 21 heavy (non-hydrogen) atoms. The predicted molar refractivity (Wildman–Crippen MR) is 77.6 cm³/mol. The Kier molecular flexibility index (Phi) is 6.33. The summed E-state index contributed by atoms with van der Waals surface area (Å²) < 4.78 is 38.2. The van der Waals surface area contributed by atoms with Crippen LogP contribution in [0.3, 0.4) is 0 Å². The molecule has 1 N–H and O–H groups in total. The molecule has 2 amide bonds. The Morgan fingerprint density at radius 1 is 1.33 bits per heavy atom. The molecule has 7 heteroatoms. The third kappa shape index (κ3) is 5.46. The van der Waals surface area contributed by atoms with E-state index in [1.807, 2.05) is 6.92 Å². The summed E-state index contributed by atoms with van der Waals surface area (Å²) in [7, 11) is 1.60. The number of anilines is 1. The lowest BCUT2D eigenvalue weighted by Crippen LogP contribution is -2.32. The van der Waals surface area contributed by atoms with Gasteiger partial charge in [-0.15, -0.1) is 0 Å². The van der Waals surface area contributed by atoms with Crippen molar-refractivity contribution in [2.75, 3.05) is 18.9 Å². The monoisotopic (exact) mass is 322 g/mol. The molecule has 0 aromatic heterocycles. The van der Waals surface area contributed by atoms with E-state index < -0.39 is 22.8 Å². The smallest absolute Gasteiger partial charge is 0.328 e. The number of urea groups is 1. The number of carbonyl (C=O) groups is 1. The van der Waals surface area contributed by atoms with Crippen molar-refractivity contribution in [3.05, 3.63) is 28.8 Å². The first-order valence-electron chi connectivity index (χ1n) is 6.64. The van der Waals surface area contributed by atoms with Crippen LogP contribution in [-0.4, -0.2) is 24.5 Å². The Hall–Kier alpha value is -1.43. The molecule has 0 unspecified atom stereocenters. The maximum atomic E-state index is 12.7. The van der Waals surface area contributed by atoms with Crippen LogP contribution >= 0.6 is 11.6 Å². The van der Waals surface area contributed by atoms with Crippen molar-refractivity contribution in [2.45, 2.75) is 32.4 Å². The molecule has 1 aromatic carbocycles. The van der Waals surface area contributed by atoms with Crippen LogP contribution in [0.1, 0.15) is 31.7 Å². The highest BCUT2D eigenvalue weighted by Crippen LogP contribution is 2.36. The molecular weight excluding hydrogens is 305 g/mol. The number of alkyl halides is 3. The minimum atomic E-state index is -4.55. The summed E-state index contributed by atoms with van der Waals surface area (Å²) in [6, 6.07) is 2.86. The first-order valence-corrected chi connectivity index (χ1v) is 7.02. The SMILES string of the molecule is CCCCCN(C)C(=O)Nc1ccc(Cl)c(C(F)(F)F)c1. The van der Waals surface area contributed by atoms with Gasteiger partial charge in [0.2, 0.25) is 0 Å². The summed E-state index contributed by atoms with van der Waals surface area (Å²) in [6.45, 7) is 2.60. The first kappa shape index (κ1) is 17.6. The van der Waals surface area contributed by atoms with Gasteiger partial charge in [0, 0.05) is 19.3 Å². The molecule has 0 aliphatic carbocycles. The Labute approximate surface area is 127 Å². The third-order valence-corrected chi connectivity index (χ3v) is 3.30. The van der Waals surface area contributed by atoms with Crippen LogP contribution in [0.15, 0.2) is 18.2 Å². The number of nitrogens with one attached hydrogen (secondary N) is 1. The molecule has 0 saturated heterocycles. The standard InChI is InChI=1S/C14H18ClF3N2O/c1-3-4-5-8-20(2)13(21)19-10-6-7-12(15)11(9-10)14(16,17)18/h6-7,9H,3-5,8H2,1-2H3,(H,19,21). The fourth-order valence-corrected chi connectivity index (χ4v) is 1.96. The van der Waals surface area contributed by atoms with Gasteiger partial charge in [0.15, 0.2) is 0 Å². The van der Waals surface area contributed by atoms with E-state index in [0.717, 1.165) is 31.4 Å². The van der Waals surface area contributed by atoms with Crippen LogP contribution in [-0.2, 0) is 6.18 Å². The number of unbranched alkanes of at least 4 members (excludes halogenated alkanes) is 2. The normalized spacial score (nSPS) is 11.3. The van der Waals surface area contributed by atoms with Gasteiger partial charge < -0.3 is 10.2 Å². The van der Waals surface area contributed by atoms with E-state index in [-0.39, 0.29) is 5.69 Å². The van der Waals surface area contributed by atoms with E-state index in [0.29, 0.717) is 6.54 Å². The molecule has 0 aliphatic heterocycles. The van der Waals surface area contributed by atoms with Crippen molar-refractivity contribution in [3.8, 4) is 0 Å². The second-order valence-electron chi connectivity index (χ2n) is 4.75. The van der Waals surface area contributed by atoms with Crippen molar-refractivity contribution in [1.29, 1.82) is 0 Å². The molecule has 0 radical (unpaired) electrons. The van der Waals surface area contributed by atoms with Crippen LogP contribution in [0.5, 0.6) is 0 Å². The minimum Gasteiger partial charge on any atom is -0.328 e. The maximum absolute atomic E-state index is 12.7. The Bertz CT molecular complexity index is 492. The van der Waals surface area contributed by atoms with E-state index in [4.69, 9.17) is 11.6 Å². The van der Waals surface area contributed by atoms with E-state index in [1.54, 1.807) is 7.05 Å². The summed E-state index contributed by atoms with van der Waals surface area (Å²) in [5, 5.41) is 2.04. The van der Waals surface area contributed by atoms with Gasteiger partial charge in [-0.05, 0) is 24.6 Å². The van der Waals surface area contributed by atoms with Gasteiger partial charge >= 0.3 is 12.2 Å². The van der Waals surface area contributed by atoms with E-state index in [9.17, 15) is 18.0 Å². The molecule has 0 aliphatic rings. The first-order chi connectivity index (χ1) is 9.75. The number of hydrogen-bond acceptors (Lipinski definition) is 1. The molecular formula is C14H18ClF3N2O. The molecule has 0 heterocycles. The van der Waals surface area contributed by atoms with Crippen molar-refractivity contribution in [1.82, 2.24) is 4.90 Å².